The Bertz CT molecular complexity index is 918. The monoisotopic (exact) mass is 516 g/mol. The summed E-state index contributed by atoms with van der Waals surface area (Å²) in [4.78, 5) is 42.1. The third-order valence-corrected chi connectivity index (χ3v) is 6.96. The molecule has 2 aliphatic rings. The van der Waals surface area contributed by atoms with Crippen LogP contribution in [0.3, 0.4) is 0 Å². The Balaban J connectivity index is 1.60. The number of ether oxygens (including phenoxy) is 3. The van der Waals surface area contributed by atoms with Crippen LogP contribution < -0.4 is 0 Å². The zero-order valence-electron chi connectivity index (χ0n) is 23.4. The van der Waals surface area contributed by atoms with Crippen LogP contribution >= 0.6 is 0 Å². The molecule has 1 aromatic rings. The Labute approximate surface area is 221 Å². The van der Waals surface area contributed by atoms with Gasteiger partial charge in [0.2, 0.25) is 0 Å². The lowest BCUT2D eigenvalue weighted by Crippen LogP contribution is -2.50. The third-order valence-electron chi connectivity index (χ3n) is 6.96. The van der Waals surface area contributed by atoms with E-state index in [1.165, 1.54) is 0 Å². The fraction of sp³-hybridized carbons (Fsp3) is 0.690. The molecule has 0 aliphatic carbocycles. The maximum Gasteiger partial charge on any atom is 0.410 e. The minimum absolute atomic E-state index is 0.188. The van der Waals surface area contributed by atoms with E-state index in [-0.39, 0.29) is 24.8 Å². The Morgan fingerprint density at radius 2 is 1.35 bits per heavy atom. The average Bonchev–Trinajstić information content (AvgIpc) is 2.82. The summed E-state index contributed by atoms with van der Waals surface area (Å²) >= 11 is 0. The molecular formula is C29H44N2O6. The molecule has 2 amide bonds. The predicted molar refractivity (Wildman–Crippen MR) is 141 cm³/mol. The van der Waals surface area contributed by atoms with Crippen molar-refractivity contribution in [3.63, 3.8) is 0 Å². The zero-order valence-corrected chi connectivity index (χ0v) is 23.4. The van der Waals surface area contributed by atoms with Gasteiger partial charge in [0.15, 0.2) is 0 Å². The van der Waals surface area contributed by atoms with Gasteiger partial charge in [0.25, 0.3) is 0 Å². The fourth-order valence-corrected chi connectivity index (χ4v) is 5.00. The highest BCUT2D eigenvalue weighted by Gasteiger charge is 2.47. The number of carbonyl (C=O) groups excluding carboxylic acids is 3. The Morgan fingerprint density at radius 1 is 0.811 bits per heavy atom. The molecule has 0 saturated carbocycles. The van der Waals surface area contributed by atoms with Crippen molar-refractivity contribution in [1.29, 1.82) is 0 Å². The number of amides is 2. The number of nitrogens with zero attached hydrogens (tertiary/aromatic N) is 2. The molecule has 37 heavy (non-hydrogen) atoms. The summed E-state index contributed by atoms with van der Waals surface area (Å²) in [5, 5.41) is 0. The Hall–Kier alpha value is -2.77. The number of hydrogen-bond acceptors (Lipinski definition) is 6. The lowest BCUT2D eigenvalue weighted by molar-refractivity contribution is -0.172. The molecule has 0 N–H and O–H groups in total. The molecule has 0 bridgehead atoms. The maximum absolute atomic E-state index is 13.5. The summed E-state index contributed by atoms with van der Waals surface area (Å²) in [5.74, 6) is 0.106. The van der Waals surface area contributed by atoms with E-state index < -0.39 is 16.6 Å². The number of benzene rings is 1. The molecule has 2 fully saturated rings. The summed E-state index contributed by atoms with van der Waals surface area (Å²) in [6, 6.07) is 9.60. The highest BCUT2D eigenvalue weighted by Crippen LogP contribution is 2.42. The Morgan fingerprint density at radius 3 is 1.89 bits per heavy atom. The van der Waals surface area contributed by atoms with E-state index in [1.807, 2.05) is 71.9 Å². The van der Waals surface area contributed by atoms with Gasteiger partial charge in [0.05, 0.1) is 5.41 Å². The number of carbonyl (C=O) groups is 3. The van der Waals surface area contributed by atoms with E-state index in [9.17, 15) is 14.4 Å². The molecule has 2 heterocycles. The standard InChI is InChI=1S/C29H44N2O6/c1-27(2,3)36-24(32)29(20-22-12-16-30(17-13-22)26(34)37-28(4,5)6)14-18-31(19-15-29)25(33)35-21-23-10-8-7-9-11-23/h7-11,22H,12-21H2,1-6H3. The molecule has 0 unspecified atom stereocenters. The SMILES string of the molecule is CC(C)(C)OC(=O)N1CCC(CC2(C(=O)OC(C)(C)C)CCN(C(=O)OCc3ccccc3)CC2)CC1. The van der Waals surface area contributed by atoms with Crippen molar-refractivity contribution in [3.05, 3.63) is 35.9 Å². The maximum atomic E-state index is 13.5. The van der Waals surface area contributed by atoms with E-state index in [2.05, 4.69) is 0 Å². The van der Waals surface area contributed by atoms with Gasteiger partial charge in [0.1, 0.15) is 17.8 Å². The first-order valence-corrected chi connectivity index (χ1v) is 13.4. The van der Waals surface area contributed by atoms with E-state index in [4.69, 9.17) is 14.2 Å². The molecule has 0 atom stereocenters. The lowest BCUT2D eigenvalue weighted by atomic mass is 9.70. The number of piperidine rings is 2. The second kappa shape index (κ2) is 11.7. The van der Waals surface area contributed by atoms with Gasteiger partial charge in [0, 0.05) is 26.2 Å². The summed E-state index contributed by atoms with van der Waals surface area (Å²) in [6.07, 6.45) is 2.75. The topological polar surface area (TPSA) is 85.4 Å². The lowest BCUT2D eigenvalue weighted by Gasteiger charge is -2.43. The normalized spacial score (nSPS) is 18.8. The van der Waals surface area contributed by atoms with Crippen LogP contribution in [0.4, 0.5) is 9.59 Å². The van der Waals surface area contributed by atoms with Crippen molar-refractivity contribution in [1.82, 2.24) is 9.80 Å². The summed E-state index contributed by atoms with van der Waals surface area (Å²) in [6.45, 7) is 13.6. The van der Waals surface area contributed by atoms with Gasteiger partial charge < -0.3 is 24.0 Å². The van der Waals surface area contributed by atoms with E-state index in [0.717, 1.165) is 18.4 Å². The number of esters is 1. The highest BCUT2D eigenvalue weighted by molar-refractivity contribution is 5.78. The highest BCUT2D eigenvalue weighted by atomic mass is 16.6. The van der Waals surface area contributed by atoms with Crippen molar-refractivity contribution in [2.24, 2.45) is 11.3 Å². The Kier molecular flexibility index (Phi) is 9.13. The first-order chi connectivity index (χ1) is 17.3. The zero-order chi connectivity index (χ0) is 27.3. The van der Waals surface area contributed by atoms with Crippen LogP contribution in [0.15, 0.2) is 30.3 Å². The van der Waals surface area contributed by atoms with Gasteiger partial charge >= 0.3 is 18.2 Å². The van der Waals surface area contributed by atoms with Gasteiger partial charge in [-0.15, -0.1) is 0 Å². The quantitative estimate of drug-likeness (QED) is 0.364. The molecule has 0 aromatic heterocycles. The molecule has 206 valence electrons. The van der Waals surface area contributed by atoms with Crippen LogP contribution in [0.25, 0.3) is 0 Å². The predicted octanol–water partition coefficient (Wildman–Crippen LogP) is 5.78. The fourth-order valence-electron chi connectivity index (χ4n) is 5.00. The van der Waals surface area contributed by atoms with Gasteiger partial charge in [-0.3, -0.25) is 4.79 Å². The van der Waals surface area contributed by atoms with E-state index in [0.29, 0.717) is 51.4 Å². The number of hydrogen-bond donors (Lipinski definition) is 0. The smallest absolute Gasteiger partial charge is 0.410 e. The molecule has 2 aliphatic heterocycles. The first-order valence-electron chi connectivity index (χ1n) is 13.4. The second-order valence-corrected chi connectivity index (χ2v) is 12.4. The minimum Gasteiger partial charge on any atom is -0.460 e. The summed E-state index contributed by atoms with van der Waals surface area (Å²) in [7, 11) is 0. The van der Waals surface area contributed by atoms with Gasteiger partial charge in [-0.25, -0.2) is 9.59 Å². The number of likely N-dealkylation sites (tertiary alicyclic amines) is 2. The molecular weight excluding hydrogens is 472 g/mol. The number of rotatable bonds is 5. The van der Waals surface area contributed by atoms with Crippen molar-refractivity contribution < 1.29 is 28.6 Å². The van der Waals surface area contributed by atoms with Gasteiger partial charge in [-0.2, -0.15) is 0 Å². The first kappa shape index (κ1) is 28.8. The van der Waals surface area contributed by atoms with Crippen LogP contribution in [0.1, 0.15) is 79.2 Å². The molecule has 3 rings (SSSR count). The third kappa shape index (κ3) is 8.64. The van der Waals surface area contributed by atoms with Crippen LogP contribution in [0, 0.1) is 11.3 Å². The second-order valence-electron chi connectivity index (χ2n) is 12.4. The summed E-state index contributed by atoms with van der Waals surface area (Å²) in [5.41, 5.74) is -0.822. The van der Waals surface area contributed by atoms with Crippen LogP contribution in [0.2, 0.25) is 0 Å². The molecule has 0 spiro atoms. The van der Waals surface area contributed by atoms with Crippen LogP contribution in [-0.4, -0.2) is 65.3 Å². The van der Waals surface area contributed by atoms with Crippen molar-refractivity contribution in [2.45, 2.75) is 91.5 Å². The minimum atomic E-state index is -0.651. The van der Waals surface area contributed by atoms with Gasteiger partial charge in [-0.05, 0) is 85.1 Å². The van der Waals surface area contributed by atoms with Crippen LogP contribution in [0.5, 0.6) is 0 Å². The molecule has 8 heteroatoms. The van der Waals surface area contributed by atoms with Crippen molar-refractivity contribution in [3.8, 4) is 0 Å². The summed E-state index contributed by atoms with van der Waals surface area (Å²) < 4.78 is 16.9. The van der Waals surface area contributed by atoms with Gasteiger partial charge in [-0.1, -0.05) is 30.3 Å². The largest absolute Gasteiger partial charge is 0.460 e. The average molecular weight is 517 g/mol. The van der Waals surface area contributed by atoms with E-state index >= 15 is 0 Å². The molecule has 8 nitrogen and oxygen atoms in total. The molecule has 2 saturated heterocycles. The van der Waals surface area contributed by atoms with E-state index in [1.54, 1.807) is 9.80 Å². The molecule has 1 aromatic carbocycles. The van der Waals surface area contributed by atoms with Crippen LogP contribution in [-0.2, 0) is 25.6 Å². The van der Waals surface area contributed by atoms with Crippen molar-refractivity contribution >= 4 is 18.2 Å². The van der Waals surface area contributed by atoms with Crippen molar-refractivity contribution in [2.75, 3.05) is 26.2 Å². The molecule has 0 radical (unpaired) electrons.